The summed E-state index contributed by atoms with van der Waals surface area (Å²) in [6, 6.07) is 6.62. The van der Waals surface area contributed by atoms with Crippen LogP contribution in [0.15, 0.2) is 24.3 Å². The predicted octanol–water partition coefficient (Wildman–Crippen LogP) is 6.68. The maximum absolute atomic E-state index is 14.7. The van der Waals surface area contributed by atoms with Gasteiger partial charge in [0.1, 0.15) is 5.60 Å². The SMILES string of the molecule is Cc1ccc(CN(C)C(=O)CC(F)(F)C(F)(F)C(C)(C)OC(F)(F)C(F)(F)C(C)(C)C)cc1. The van der Waals surface area contributed by atoms with Crippen molar-refractivity contribution in [3.63, 3.8) is 0 Å². The van der Waals surface area contributed by atoms with Crippen molar-refractivity contribution in [3.8, 4) is 0 Å². The minimum atomic E-state index is -5.50. The smallest absolute Gasteiger partial charge is 0.341 e. The maximum Gasteiger partial charge on any atom is 0.420 e. The zero-order chi connectivity index (χ0) is 26.3. The lowest BCUT2D eigenvalue weighted by Crippen LogP contribution is -2.63. The lowest BCUT2D eigenvalue weighted by Gasteiger charge is -2.43. The van der Waals surface area contributed by atoms with Crippen molar-refractivity contribution >= 4 is 5.91 Å². The van der Waals surface area contributed by atoms with Gasteiger partial charge in [-0.2, -0.15) is 35.1 Å². The minimum Gasteiger partial charge on any atom is -0.341 e. The second kappa shape index (κ2) is 9.03. The Kier molecular flexibility index (Phi) is 7.97. The van der Waals surface area contributed by atoms with Crippen LogP contribution in [0, 0.1) is 12.3 Å². The molecule has 0 aliphatic heterocycles. The van der Waals surface area contributed by atoms with Crippen molar-refractivity contribution in [1.82, 2.24) is 4.90 Å². The van der Waals surface area contributed by atoms with Gasteiger partial charge in [-0.1, -0.05) is 50.6 Å². The second-order valence-corrected chi connectivity index (χ2v) is 9.64. The third kappa shape index (κ3) is 5.96. The summed E-state index contributed by atoms with van der Waals surface area (Å²) in [6.07, 6.45) is -7.54. The highest BCUT2D eigenvalue weighted by molar-refractivity contribution is 5.77. The molecule has 190 valence electrons. The third-order valence-electron chi connectivity index (χ3n) is 5.25. The molecule has 0 radical (unpaired) electrons. The highest BCUT2D eigenvalue weighted by Gasteiger charge is 2.72. The van der Waals surface area contributed by atoms with E-state index in [1.165, 1.54) is 0 Å². The number of aryl methyl sites for hydroxylation is 1. The molecule has 1 rings (SSSR count). The number of halogens is 8. The standard InChI is InChI=1S/C22H29F8NO2/c1-14-8-10-15(11-9-14)13-31(7)16(32)12-19(23,24)21(27,28)18(5,6)33-22(29,30)20(25,26)17(2,3)4/h8-11H,12-13H2,1-7H3. The van der Waals surface area contributed by atoms with E-state index < -0.39 is 47.2 Å². The molecule has 1 amide bonds. The first-order valence-electron chi connectivity index (χ1n) is 9.99. The van der Waals surface area contributed by atoms with Crippen LogP contribution in [-0.4, -0.2) is 47.3 Å². The number of nitrogens with zero attached hydrogens (tertiary/aromatic N) is 1. The summed E-state index contributed by atoms with van der Waals surface area (Å²) in [4.78, 5) is 13.0. The van der Waals surface area contributed by atoms with Gasteiger partial charge in [0.05, 0.1) is 6.42 Å². The lowest BCUT2D eigenvalue weighted by atomic mass is 9.86. The summed E-state index contributed by atoms with van der Waals surface area (Å²) in [5, 5.41) is 0. The van der Waals surface area contributed by atoms with Gasteiger partial charge in [0.2, 0.25) is 5.91 Å². The van der Waals surface area contributed by atoms with Crippen LogP contribution in [0.1, 0.15) is 52.2 Å². The minimum absolute atomic E-state index is 0.147. The summed E-state index contributed by atoms with van der Waals surface area (Å²) >= 11 is 0. The molecule has 33 heavy (non-hydrogen) atoms. The van der Waals surface area contributed by atoms with Crippen LogP contribution >= 0.6 is 0 Å². The Labute approximate surface area is 188 Å². The van der Waals surface area contributed by atoms with Gasteiger partial charge in [-0.15, -0.1) is 0 Å². The number of hydrogen-bond acceptors (Lipinski definition) is 2. The fraction of sp³-hybridized carbons (Fsp3) is 0.682. The zero-order valence-electron chi connectivity index (χ0n) is 19.5. The molecule has 3 nitrogen and oxygen atoms in total. The Balaban J connectivity index is 3.07. The number of rotatable bonds is 9. The molecule has 0 saturated carbocycles. The number of ether oxygens (including phenoxy) is 1. The summed E-state index contributed by atoms with van der Waals surface area (Å²) < 4.78 is 119. The molecule has 0 saturated heterocycles. The Morgan fingerprint density at radius 1 is 0.848 bits per heavy atom. The van der Waals surface area contributed by atoms with E-state index in [0.29, 0.717) is 26.3 Å². The molecule has 0 spiro atoms. The van der Waals surface area contributed by atoms with Crippen LogP contribution in [0.25, 0.3) is 0 Å². The first-order valence-corrected chi connectivity index (χ1v) is 9.99. The van der Waals surface area contributed by atoms with E-state index in [2.05, 4.69) is 4.74 Å². The topological polar surface area (TPSA) is 29.5 Å². The number of alkyl halides is 8. The Morgan fingerprint density at radius 2 is 1.30 bits per heavy atom. The van der Waals surface area contributed by atoms with Crippen molar-refractivity contribution in [3.05, 3.63) is 35.4 Å². The van der Waals surface area contributed by atoms with Crippen LogP contribution in [0.5, 0.6) is 0 Å². The lowest BCUT2D eigenvalue weighted by molar-refractivity contribution is -0.429. The average Bonchev–Trinajstić information content (AvgIpc) is 2.60. The van der Waals surface area contributed by atoms with Gasteiger partial charge in [-0.05, 0) is 26.3 Å². The molecule has 0 heterocycles. The van der Waals surface area contributed by atoms with Gasteiger partial charge >= 0.3 is 23.9 Å². The van der Waals surface area contributed by atoms with E-state index in [9.17, 15) is 39.9 Å². The van der Waals surface area contributed by atoms with E-state index in [1.54, 1.807) is 31.2 Å². The monoisotopic (exact) mass is 491 g/mol. The maximum atomic E-state index is 14.7. The number of amides is 1. The van der Waals surface area contributed by atoms with Crippen molar-refractivity contribution < 1.29 is 44.7 Å². The molecule has 11 heteroatoms. The molecule has 1 aromatic carbocycles. The van der Waals surface area contributed by atoms with Gasteiger partial charge in [0.15, 0.2) is 0 Å². The number of carbonyl (C=O) groups is 1. The zero-order valence-corrected chi connectivity index (χ0v) is 19.5. The Hall–Kier alpha value is -1.91. The molecular weight excluding hydrogens is 462 g/mol. The Bertz CT molecular complexity index is 830. The molecule has 0 atom stereocenters. The van der Waals surface area contributed by atoms with Crippen LogP contribution in [0.2, 0.25) is 0 Å². The fourth-order valence-electron chi connectivity index (χ4n) is 2.82. The van der Waals surface area contributed by atoms with E-state index in [-0.39, 0.29) is 20.4 Å². The Morgan fingerprint density at radius 3 is 1.73 bits per heavy atom. The normalized spacial score (nSPS) is 14.4. The van der Waals surface area contributed by atoms with Crippen LogP contribution in [0.4, 0.5) is 35.1 Å². The quantitative estimate of drug-likeness (QED) is 0.361. The number of carbonyl (C=O) groups excluding carboxylic acids is 1. The highest BCUT2D eigenvalue weighted by Crippen LogP contribution is 2.53. The first kappa shape index (κ1) is 29.1. The molecule has 0 aromatic heterocycles. The number of hydrogen-bond donors (Lipinski definition) is 0. The molecule has 0 aliphatic carbocycles. The highest BCUT2D eigenvalue weighted by atomic mass is 19.3. The van der Waals surface area contributed by atoms with Crippen molar-refractivity contribution in [1.29, 1.82) is 0 Å². The first-order chi connectivity index (χ1) is 14.5. The van der Waals surface area contributed by atoms with E-state index in [1.807, 2.05) is 0 Å². The van der Waals surface area contributed by atoms with Gasteiger partial charge in [0.25, 0.3) is 0 Å². The molecular formula is C22H29F8NO2. The van der Waals surface area contributed by atoms with E-state index in [4.69, 9.17) is 0 Å². The molecule has 0 unspecified atom stereocenters. The van der Waals surface area contributed by atoms with Gasteiger partial charge in [-0.25, -0.2) is 0 Å². The van der Waals surface area contributed by atoms with Gasteiger partial charge < -0.3 is 9.64 Å². The van der Waals surface area contributed by atoms with Gasteiger partial charge in [-0.3, -0.25) is 4.79 Å². The molecule has 0 fully saturated rings. The van der Waals surface area contributed by atoms with Crippen LogP contribution in [0.3, 0.4) is 0 Å². The summed E-state index contributed by atoms with van der Waals surface area (Å²) in [5.74, 6) is -16.9. The number of benzene rings is 1. The van der Waals surface area contributed by atoms with E-state index in [0.717, 1.165) is 17.5 Å². The van der Waals surface area contributed by atoms with Crippen molar-refractivity contribution in [2.24, 2.45) is 5.41 Å². The summed E-state index contributed by atoms with van der Waals surface area (Å²) in [5.41, 5.74) is -4.75. The largest absolute Gasteiger partial charge is 0.420 e. The van der Waals surface area contributed by atoms with Crippen molar-refractivity contribution in [2.75, 3.05) is 7.05 Å². The predicted molar refractivity (Wildman–Crippen MR) is 107 cm³/mol. The molecule has 0 aliphatic rings. The van der Waals surface area contributed by atoms with Crippen molar-refractivity contribution in [2.45, 2.75) is 84.0 Å². The molecule has 0 N–H and O–H groups in total. The van der Waals surface area contributed by atoms with E-state index >= 15 is 0 Å². The summed E-state index contributed by atoms with van der Waals surface area (Å²) in [6.45, 7) is 4.07. The second-order valence-electron chi connectivity index (χ2n) is 9.64. The van der Waals surface area contributed by atoms with Crippen LogP contribution < -0.4 is 0 Å². The molecule has 0 bridgehead atoms. The average molecular weight is 491 g/mol. The fourth-order valence-corrected chi connectivity index (χ4v) is 2.82. The molecule has 1 aromatic rings. The third-order valence-corrected chi connectivity index (χ3v) is 5.25. The summed E-state index contributed by atoms with van der Waals surface area (Å²) in [7, 11) is 1.11. The van der Waals surface area contributed by atoms with Crippen LogP contribution in [-0.2, 0) is 16.1 Å². The van der Waals surface area contributed by atoms with Gasteiger partial charge in [0, 0.05) is 19.0 Å².